The van der Waals surface area contributed by atoms with Crippen LogP contribution in [0.3, 0.4) is 0 Å². The van der Waals surface area contributed by atoms with E-state index in [1.165, 1.54) is 12.2 Å². The molecule has 0 unspecified atom stereocenters. The van der Waals surface area contributed by atoms with Crippen molar-refractivity contribution in [2.75, 3.05) is 0 Å². The summed E-state index contributed by atoms with van der Waals surface area (Å²) in [5.74, 6) is -0.480. The number of hydrogen-bond acceptors (Lipinski definition) is 3. The minimum atomic E-state index is -0.240. The van der Waals surface area contributed by atoms with Crippen molar-refractivity contribution in [3.63, 3.8) is 0 Å². The molecule has 3 heteroatoms. The van der Waals surface area contributed by atoms with E-state index in [1.54, 1.807) is 30.4 Å². The maximum absolute atomic E-state index is 12.3. The molecule has 0 saturated heterocycles. The van der Waals surface area contributed by atoms with Crippen LogP contribution in [-0.4, -0.2) is 16.6 Å². The summed E-state index contributed by atoms with van der Waals surface area (Å²) in [6, 6.07) is 24.0. The number of ketones is 2. The molecule has 3 rings (SSSR count). The lowest BCUT2D eigenvalue weighted by atomic mass is 10.1. The summed E-state index contributed by atoms with van der Waals surface area (Å²) >= 11 is 0. The molecule has 0 amide bonds. The van der Waals surface area contributed by atoms with Crippen LogP contribution in [-0.2, 0) is 0 Å². The number of aromatic nitrogens is 1. The van der Waals surface area contributed by atoms with Crippen molar-refractivity contribution < 1.29 is 9.59 Å². The fraction of sp³-hybridized carbons (Fsp3) is 0. The number of pyridine rings is 1. The predicted molar refractivity (Wildman–Crippen MR) is 104 cm³/mol. The molecule has 1 aromatic heterocycles. The first-order valence-corrected chi connectivity index (χ1v) is 8.24. The summed E-state index contributed by atoms with van der Waals surface area (Å²) in [4.78, 5) is 28.8. The van der Waals surface area contributed by atoms with Crippen molar-refractivity contribution in [2.45, 2.75) is 0 Å². The lowest BCUT2D eigenvalue weighted by Gasteiger charge is -1.99. The summed E-state index contributed by atoms with van der Waals surface area (Å²) < 4.78 is 0. The second kappa shape index (κ2) is 8.49. The van der Waals surface area contributed by atoms with E-state index in [-0.39, 0.29) is 23.0 Å². The van der Waals surface area contributed by atoms with Gasteiger partial charge in [-0.1, -0.05) is 78.9 Å². The SMILES string of the molecule is O=C(/C=C\c1ccccc1)c1cccc(C(=O)/C=C/c2ccccc2)n1. The number of hydrogen-bond donors (Lipinski definition) is 0. The van der Waals surface area contributed by atoms with E-state index in [2.05, 4.69) is 4.98 Å². The van der Waals surface area contributed by atoms with Crippen molar-refractivity contribution in [1.82, 2.24) is 4.98 Å². The van der Waals surface area contributed by atoms with Gasteiger partial charge in [0.2, 0.25) is 11.6 Å². The van der Waals surface area contributed by atoms with E-state index < -0.39 is 0 Å². The summed E-state index contributed by atoms with van der Waals surface area (Å²) in [6.07, 6.45) is 6.39. The smallest absolute Gasteiger partial charge is 0.204 e. The van der Waals surface area contributed by atoms with Gasteiger partial charge in [0.25, 0.3) is 0 Å². The minimum Gasteiger partial charge on any atom is -0.288 e. The number of nitrogens with zero attached hydrogens (tertiary/aromatic N) is 1. The average molecular weight is 339 g/mol. The van der Waals surface area contributed by atoms with Crippen LogP contribution in [0, 0.1) is 0 Å². The Morgan fingerprint density at radius 3 is 1.42 bits per heavy atom. The van der Waals surface area contributed by atoms with E-state index in [9.17, 15) is 9.59 Å². The molecule has 2 aromatic carbocycles. The molecule has 0 saturated carbocycles. The molecule has 0 bridgehead atoms. The Hall–Kier alpha value is -3.59. The van der Waals surface area contributed by atoms with Gasteiger partial charge >= 0.3 is 0 Å². The molecule has 0 spiro atoms. The van der Waals surface area contributed by atoms with Gasteiger partial charge in [0.05, 0.1) is 0 Å². The number of allylic oxidation sites excluding steroid dienone is 2. The monoisotopic (exact) mass is 339 g/mol. The third kappa shape index (κ3) is 4.71. The first-order valence-electron chi connectivity index (χ1n) is 8.24. The van der Waals surface area contributed by atoms with Gasteiger partial charge in [-0.05, 0) is 35.4 Å². The maximum atomic E-state index is 12.3. The van der Waals surface area contributed by atoms with Gasteiger partial charge < -0.3 is 0 Å². The molecule has 3 nitrogen and oxygen atoms in total. The third-order valence-corrected chi connectivity index (χ3v) is 3.71. The Kier molecular flexibility index (Phi) is 5.63. The van der Waals surface area contributed by atoms with E-state index >= 15 is 0 Å². The average Bonchev–Trinajstić information content (AvgIpc) is 2.72. The van der Waals surface area contributed by atoms with Gasteiger partial charge in [-0.25, -0.2) is 4.98 Å². The maximum Gasteiger partial charge on any atom is 0.204 e. The second-order valence-electron chi connectivity index (χ2n) is 5.62. The zero-order chi connectivity index (χ0) is 18.2. The highest BCUT2D eigenvalue weighted by atomic mass is 16.1. The van der Waals surface area contributed by atoms with Crippen molar-refractivity contribution in [3.8, 4) is 0 Å². The van der Waals surface area contributed by atoms with E-state index in [0.29, 0.717) is 0 Å². The quantitative estimate of drug-likeness (QED) is 0.475. The molecule has 0 N–H and O–H groups in total. The Morgan fingerprint density at radius 1 is 0.577 bits per heavy atom. The number of carbonyl (C=O) groups excluding carboxylic acids is 2. The summed E-state index contributed by atoms with van der Waals surface area (Å²) in [6.45, 7) is 0. The molecule has 26 heavy (non-hydrogen) atoms. The van der Waals surface area contributed by atoms with Crippen LogP contribution in [0.4, 0.5) is 0 Å². The van der Waals surface area contributed by atoms with Crippen molar-refractivity contribution in [1.29, 1.82) is 0 Å². The van der Waals surface area contributed by atoms with Crippen LogP contribution in [0.15, 0.2) is 91.0 Å². The van der Waals surface area contributed by atoms with Crippen molar-refractivity contribution in [3.05, 3.63) is 114 Å². The summed E-state index contributed by atoms with van der Waals surface area (Å²) in [5.41, 5.74) is 2.35. The van der Waals surface area contributed by atoms with Crippen LogP contribution < -0.4 is 0 Å². The Morgan fingerprint density at radius 2 is 1.00 bits per heavy atom. The minimum absolute atomic E-state index is 0.240. The molecule has 3 aromatic rings. The molecule has 0 atom stereocenters. The third-order valence-electron chi connectivity index (χ3n) is 3.71. The van der Waals surface area contributed by atoms with Gasteiger partial charge in [-0.3, -0.25) is 9.59 Å². The standard InChI is InChI=1S/C23H17NO2/c25-22(16-14-18-8-3-1-4-9-18)20-12-7-13-21(24-20)23(26)17-15-19-10-5-2-6-11-19/h1-17H/b16-14-,17-15+. The lowest BCUT2D eigenvalue weighted by molar-refractivity contribution is 0.104. The fourth-order valence-corrected chi connectivity index (χ4v) is 2.35. The molecule has 0 aliphatic heterocycles. The van der Waals surface area contributed by atoms with Crippen molar-refractivity contribution >= 4 is 23.7 Å². The molecular formula is C23H17NO2. The van der Waals surface area contributed by atoms with Crippen LogP contribution in [0.1, 0.15) is 32.1 Å². The Balaban J connectivity index is 1.73. The van der Waals surface area contributed by atoms with Crippen molar-refractivity contribution in [2.24, 2.45) is 0 Å². The number of carbonyl (C=O) groups is 2. The number of rotatable bonds is 6. The topological polar surface area (TPSA) is 47.0 Å². The van der Waals surface area contributed by atoms with E-state index in [0.717, 1.165) is 11.1 Å². The van der Waals surface area contributed by atoms with Gasteiger partial charge in [-0.2, -0.15) is 0 Å². The predicted octanol–water partition coefficient (Wildman–Crippen LogP) is 4.87. The van der Waals surface area contributed by atoms with Gasteiger partial charge in [0.1, 0.15) is 11.4 Å². The van der Waals surface area contributed by atoms with Gasteiger partial charge in [-0.15, -0.1) is 0 Å². The highest BCUT2D eigenvalue weighted by Crippen LogP contribution is 2.08. The van der Waals surface area contributed by atoms with Crippen LogP contribution >= 0.6 is 0 Å². The van der Waals surface area contributed by atoms with E-state index in [4.69, 9.17) is 0 Å². The zero-order valence-electron chi connectivity index (χ0n) is 14.1. The summed E-state index contributed by atoms with van der Waals surface area (Å²) in [5, 5.41) is 0. The first-order chi connectivity index (χ1) is 12.7. The highest BCUT2D eigenvalue weighted by Gasteiger charge is 2.08. The van der Waals surface area contributed by atoms with Crippen LogP contribution in [0.2, 0.25) is 0 Å². The largest absolute Gasteiger partial charge is 0.288 e. The molecule has 0 radical (unpaired) electrons. The normalized spacial score (nSPS) is 11.1. The van der Waals surface area contributed by atoms with Gasteiger partial charge in [0, 0.05) is 0 Å². The van der Waals surface area contributed by atoms with Crippen LogP contribution in [0.25, 0.3) is 12.2 Å². The summed E-state index contributed by atoms with van der Waals surface area (Å²) in [7, 11) is 0. The Bertz CT molecular complexity index is 881. The Labute approximate surface area is 152 Å². The molecule has 0 aliphatic carbocycles. The first kappa shape index (κ1) is 17.2. The fourth-order valence-electron chi connectivity index (χ4n) is 2.35. The van der Waals surface area contributed by atoms with Crippen LogP contribution in [0.5, 0.6) is 0 Å². The molecule has 126 valence electrons. The second-order valence-corrected chi connectivity index (χ2v) is 5.62. The molecule has 0 fully saturated rings. The molecule has 1 heterocycles. The lowest BCUT2D eigenvalue weighted by Crippen LogP contribution is -2.05. The highest BCUT2D eigenvalue weighted by molar-refractivity contribution is 6.08. The number of benzene rings is 2. The van der Waals surface area contributed by atoms with Gasteiger partial charge in [0.15, 0.2) is 0 Å². The molecular weight excluding hydrogens is 322 g/mol. The van der Waals surface area contributed by atoms with E-state index in [1.807, 2.05) is 60.7 Å². The zero-order valence-corrected chi connectivity index (χ0v) is 14.1. The molecule has 0 aliphatic rings.